The molecule has 1 saturated heterocycles. The van der Waals surface area contributed by atoms with Crippen molar-refractivity contribution >= 4 is 23.9 Å². The maximum atomic E-state index is 11.6. The summed E-state index contributed by atoms with van der Waals surface area (Å²) in [5.74, 6) is -2.84. The number of aliphatic hydroxyl groups is 1. The minimum absolute atomic E-state index is 0.281. The lowest BCUT2D eigenvalue weighted by Crippen LogP contribution is -2.63. The molecule has 0 aromatic rings. The molecular formula is C18H26O11. The minimum atomic E-state index is -1.33. The van der Waals surface area contributed by atoms with Crippen LogP contribution in [0.25, 0.3) is 0 Å². The topological polar surface area (TPSA) is 144 Å². The first-order valence-electron chi connectivity index (χ1n) is 8.77. The molecule has 29 heavy (non-hydrogen) atoms. The third-order valence-corrected chi connectivity index (χ3v) is 3.65. The van der Waals surface area contributed by atoms with E-state index in [0.717, 1.165) is 20.8 Å². The zero-order valence-corrected chi connectivity index (χ0v) is 16.7. The van der Waals surface area contributed by atoms with Crippen molar-refractivity contribution in [3.63, 3.8) is 0 Å². The highest BCUT2D eigenvalue weighted by atomic mass is 16.7. The Labute approximate surface area is 167 Å². The van der Waals surface area contributed by atoms with Crippen LogP contribution in [-0.4, -0.2) is 79.0 Å². The molecule has 11 nitrogen and oxygen atoms in total. The van der Waals surface area contributed by atoms with Crippen molar-refractivity contribution in [3.05, 3.63) is 12.7 Å². The van der Waals surface area contributed by atoms with Gasteiger partial charge in [-0.05, 0) is 0 Å². The fraction of sp³-hybridized carbons (Fsp3) is 0.667. The molecule has 0 aromatic carbocycles. The van der Waals surface area contributed by atoms with Crippen LogP contribution in [0.1, 0.15) is 27.7 Å². The van der Waals surface area contributed by atoms with Gasteiger partial charge in [0, 0.05) is 27.7 Å². The summed E-state index contributed by atoms with van der Waals surface area (Å²) < 4.78 is 31.7. The van der Waals surface area contributed by atoms with Gasteiger partial charge in [0.25, 0.3) is 0 Å². The zero-order valence-electron chi connectivity index (χ0n) is 16.7. The number of hydrogen-bond acceptors (Lipinski definition) is 11. The molecule has 0 radical (unpaired) electrons. The average Bonchev–Trinajstić information content (AvgIpc) is 2.60. The highest BCUT2D eigenvalue weighted by Gasteiger charge is 2.52. The van der Waals surface area contributed by atoms with Crippen molar-refractivity contribution < 1.29 is 52.7 Å². The SMILES string of the molecule is C=C[C@@H](O)CO[C@@H]1O[C@H](COC(C)=O)[C@@H](OC(C)=O)[C@H](OC(C)=O)[C@H]1OC(C)=O. The molecule has 0 saturated carbocycles. The highest BCUT2D eigenvalue weighted by molar-refractivity contribution is 5.68. The molecule has 11 heteroatoms. The molecule has 0 amide bonds. The molecule has 1 rings (SSSR count). The lowest BCUT2D eigenvalue weighted by atomic mass is 9.98. The summed E-state index contributed by atoms with van der Waals surface area (Å²) in [6, 6.07) is 0. The van der Waals surface area contributed by atoms with Crippen molar-refractivity contribution in [1.82, 2.24) is 0 Å². The molecule has 0 aromatic heterocycles. The van der Waals surface area contributed by atoms with Crippen LogP contribution in [0.5, 0.6) is 0 Å². The normalized spacial score (nSPS) is 27.3. The molecule has 1 N–H and O–H groups in total. The van der Waals surface area contributed by atoms with Gasteiger partial charge >= 0.3 is 23.9 Å². The fourth-order valence-corrected chi connectivity index (χ4v) is 2.58. The number of hydrogen-bond donors (Lipinski definition) is 1. The number of esters is 4. The molecule has 1 fully saturated rings. The summed E-state index contributed by atoms with van der Waals surface area (Å²) in [7, 11) is 0. The molecule has 0 aliphatic carbocycles. The van der Waals surface area contributed by atoms with Crippen LogP contribution in [0.2, 0.25) is 0 Å². The first-order valence-corrected chi connectivity index (χ1v) is 8.77. The average molecular weight is 418 g/mol. The monoisotopic (exact) mass is 418 g/mol. The zero-order chi connectivity index (χ0) is 22.1. The van der Waals surface area contributed by atoms with E-state index in [1.165, 1.54) is 13.0 Å². The molecule has 164 valence electrons. The Morgan fingerprint density at radius 1 is 0.931 bits per heavy atom. The first kappa shape index (κ1) is 24.5. The summed E-state index contributed by atoms with van der Waals surface area (Å²) >= 11 is 0. The molecule has 1 heterocycles. The smallest absolute Gasteiger partial charge is 0.303 e. The quantitative estimate of drug-likeness (QED) is 0.297. The van der Waals surface area contributed by atoms with Gasteiger partial charge in [-0.3, -0.25) is 19.2 Å². The minimum Gasteiger partial charge on any atom is -0.463 e. The van der Waals surface area contributed by atoms with E-state index in [-0.39, 0.29) is 13.2 Å². The Hall–Kier alpha value is -2.50. The highest BCUT2D eigenvalue weighted by Crippen LogP contribution is 2.30. The standard InChI is InChI=1S/C18H26O11/c1-6-13(23)7-25-18-17(28-12(5)22)16(27-11(4)21)15(26-10(3)20)14(29-18)8-24-9(2)19/h6,13-18,23H,1,7-8H2,2-5H3/t13-,14-,15-,16+,17-,18-/m1/s1. The van der Waals surface area contributed by atoms with E-state index in [1.807, 2.05) is 0 Å². The molecule has 0 spiro atoms. The second kappa shape index (κ2) is 11.5. The molecule has 6 atom stereocenters. The van der Waals surface area contributed by atoms with Crippen LogP contribution in [0.3, 0.4) is 0 Å². The summed E-state index contributed by atoms with van der Waals surface area (Å²) in [6.07, 6.45) is -6.18. The van der Waals surface area contributed by atoms with Crippen LogP contribution < -0.4 is 0 Å². The number of ether oxygens (including phenoxy) is 6. The van der Waals surface area contributed by atoms with Crippen LogP contribution in [0.4, 0.5) is 0 Å². The van der Waals surface area contributed by atoms with E-state index in [0.29, 0.717) is 0 Å². The number of aliphatic hydroxyl groups excluding tert-OH is 1. The van der Waals surface area contributed by atoms with E-state index < -0.39 is 60.7 Å². The molecule has 1 aliphatic rings. The van der Waals surface area contributed by atoms with Gasteiger partial charge in [0.15, 0.2) is 24.6 Å². The first-order chi connectivity index (χ1) is 13.5. The third kappa shape index (κ3) is 8.18. The van der Waals surface area contributed by atoms with Crippen molar-refractivity contribution in [3.8, 4) is 0 Å². The van der Waals surface area contributed by atoms with Crippen LogP contribution in [-0.2, 0) is 47.6 Å². The van der Waals surface area contributed by atoms with E-state index in [2.05, 4.69) is 6.58 Å². The summed E-state index contributed by atoms with van der Waals surface area (Å²) in [5.41, 5.74) is 0. The van der Waals surface area contributed by atoms with Gasteiger partial charge in [-0.2, -0.15) is 0 Å². The Morgan fingerprint density at radius 3 is 1.93 bits per heavy atom. The van der Waals surface area contributed by atoms with Crippen LogP contribution in [0.15, 0.2) is 12.7 Å². The van der Waals surface area contributed by atoms with Crippen LogP contribution in [0, 0.1) is 0 Å². The van der Waals surface area contributed by atoms with Crippen LogP contribution >= 0.6 is 0 Å². The van der Waals surface area contributed by atoms with Gasteiger partial charge in [0.05, 0.1) is 12.7 Å². The summed E-state index contributed by atoms with van der Waals surface area (Å²) in [5, 5.41) is 9.65. The maximum Gasteiger partial charge on any atom is 0.303 e. The van der Waals surface area contributed by atoms with Gasteiger partial charge in [-0.15, -0.1) is 6.58 Å². The molecule has 1 aliphatic heterocycles. The molecule has 0 bridgehead atoms. The van der Waals surface area contributed by atoms with Crippen molar-refractivity contribution in [2.24, 2.45) is 0 Å². The van der Waals surface area contributed by atoms with Gasteiger partial charge in [-0.1, -0.05) is 6.08 Å². The molecule has 0 unspecified atom stereocenters. The Morgan fingerprint density at radius 2 is 1.45 bits per heavy atom. The predicted molar refractivity (Wildman–Crippen MR) is 94.1 cm³/mol. The Balaban J connectivity index is 3.26. The lowest BCUT2D eigenvalue weighted by molar-refractivity contribution is -0.310. The number of carbonyl (C=O) groups excluding carboxylic acids is 4. The third-order valence-electron chi connectivity index (χ3n) is 3.65. The Bertz CT molecular complexity index is 617. The van der Waals surface area contributed by atoms with Crippen molar-refractivity contribution in [1.29, 1.82) is 0 Å². The summed E-state index contributed by atoms with van der Waals surface area (Å²) in [6.45, 7) is 7.30. The second-order valence-corrected chi connectivity index (χ2v) is 6.20. The second-order valence-electron chi connectivity index (χ2n) is 6.20. The number of rotatable bonds is 9. The van der Waals surface area contributed by atoms with Gasteiger partial charge in [0.2, 0.25) is 0 Å². The number of carbonyl (C=O) groups is 4. The van der Waals surface area contributed by atoms with Crippen molar-refractivity contribution in [2.45, 2.75) is 64.5 Å². The van der Waals surface area contributed by atoms with E-state index in [4.69, 9.17) is 28.4 Å². The van der Waals surface area contributed by atoms with Gasteiger partial charge in [-0.25, -0.2) is 0 Å². The maximum absolute atomic E-state index is 11.6. The predicted octanol–water partition coefficient (Wildman–Crippen LogP) is -0.367. The van der Waals surface area contributed by atoms with Gasteiger partial charge in [0.1, 0.15) is 12.7 Å². The summed E-state index contributed by atoms with van der Waals surface area (Å²) in [4.78, 5) is 46.0. The van der Waals surface area contributed by atoms with E-state index in [1.54, 1.807) is 0 Å². The fourth-order valence-electron chi connectivity index (χ4n) is 2.58. The van der Waals surface area contributed by atoms with Gasteiger partial charge < -0.3 is 33.5 Å². The van der Waals surface area contributed by atoms with Crippen molar-refractivity contribution in [2.75, 3.05) is 13.2 Å². The molecular weight excluding hydrogens is 392 g/mol. The van der Waals surface area contributed by atoms with E-state index >= 15 is 0 Å². The Kier molecular flexibility index (Phi) is 9.72. The van der Waals surface area contributed by atoms with E-state index in [9.17, 15) is 24.3 Å². The lowest BCUT2D eigenvalue weighted by Gasteiger charge is -2.44. The largest absolute Gasteiger partial charge is 0.463 e.